The Bertz CT molecular complexity index is 508. The van der Waals surface area contributed by atoms with Gasteiger partial charge in [-0.05, 0) is 25.5 Å². The number of nitrogen functional groups attached to an aromatic ring is 1. The molecule has 1 heterocycles. The molecule has 2 rings (SSSR count). The molecule has 1 aliphatic rings. The van der Waals surface area contributed by atoms with Crippen molar-refractivity contribution >= 4 is 17.6 Å². The van der Waals surface area contributed by atoms with Crippen molar-refractivity contribution in [1.82, 2.24) is 9.55 Å². The summed E-state index contributed by atoms with van der Waals surface area (Å²) in [5, 5.41) is 0.576. The molecule has 5 nitrogen and oxygen atoms in total. The van der Waals surface area contributed by atoms with Crippen LogP contribution in [0.3, 0.4) is 0 Å². The Hall–Kier alpha value is -1.17. The van der Waals surface area contributed by atoms with Crippen LogP contribution in [-0.4, -0.2) is 21.1 Å². The maximum absolute atomic E-state index is 11.8. The number of hydrogen-bond acceptors (Lipinski definition) is 4. The van der Waals surface area contributed by atoms with Gasteiger partial charge in [-0.15, -0.1) is 0 Å². The number of thioether (sulfide) groups is 1. The van der Waals surface area contributed by atoms with Crippen molar-refractivity contribution in [3.8, 4) is 0 Å². The topological polar surface area (TPSA) is 80.9 Å². The van der Waals surface area contributed by atoms with Crippen molar-refractivity contribution in [1.29, 1.82) is 0 Å². The SMILES string of the molecule is CSC1CCCC(n2c(N)cc(=O)[nH]c2=O)C1. The second kappa shape index (κ2) is 5.00. The molecule has 0 amide bonds. The third-order valence-electron chi connectivity index (χ3n) is 3.30. The lowest BCUT2D eigenvalue weighted by Crippen LogP contribution is -2.36. The van der Waals surface area contributed by atoms with E-state index >= 15 is 0 Å². The zero-order valence-corrected chi connectivity index (χ0v) is 10.6. The quantitative estimate of drug-likeness (QED) is 0.825. The number of aromatic nitrogens is 2. The van der Waals surface area contributed by atoms with Crippen LogP contribution in [0.2, 0.25) is 0 Å². The molecule has 1 aliphatic carbocycles. The van der Waals surface area contributed by atoms with Crippen LogP contribution in [0.4, 0.5) is 5.82 Å². The highest BCUT2D eigenvalue weighted by Gasteiger charge is 2.24. The number of nitrogens with zero attached hydrogens (tertiary/aromatic N) is 1. The van der Waals surface area contributed by atoms with Gasteiger partial charge in [0.2, 0.25) is 0 Å². The van der Waals surface area contributed by atoms with Crippen LogP contribution in [0.25, 0.3) is 0 Å². The highest BCUT2D eigenvalue weighted by Crippen LogP contribution is 2.33. The summed E-state index contributed by atoms with van der Waals surface area (Å²) in [5.41, 5.74) is 4.96. The second-order valence-corrected chi connectivity index (χ2v) is 5.55. The molecular weight excluding hydrogens is 238 g/mol. The Morgan fingerprint density at radius 3 is 2.88 bits per heavy atom. The number of H-pyrrole nitrogens is 1. The molecule has 1 fully saturated rings. The first-order valence-electron chi connectivity index (χ1n) is 5.76. The van der Waals surface area contributed by atoms with Crippen LogP contribution in [-0.2, 0) is 0 Å². The lowest BCUT2D eigenvalue weighted by atomic mass is 9.94. The first kappa shape index (κ1) is 12.3. The smallest absolute Gasteiger partial charge is 0.330 e. The molecule has 94 valence electrons. The van der Waals surface area contributed by atoms with E-state index in [2.05, 4.69) is 11.2 Å². The maximum Gasteiger partial charge on any atom is 0.330 e. The first-order chi connectivity index (χ1) is 8.11. The van der Waals surface area contributed by atoms with Gasteiger partial charge < -0.3 is 5.73 Å². The molecule has 1 aromatic rings. The van der Waals surface area contributed by atoms with E-state index < -0.39 is 5.56 Å². The fourth-order valence-corrected chi connectivity index (χ4v) is 3.29. The van der Waals surface area contributed by atoms with Crippen LogP contribution < -0.4 is 17.0 Å². The fraction of sp³-hybridized carbons (Fsp3) is 0.636. The molecular formula is C11H17N3O2S. The van der Waals surface area contributed by atoms with Crippen LogP contribution >= 0.6 is 11.8 Å². The van der Waals surface area contributed by atoms with Crippen LogP contribution in [0, 0.1) is 0 Å². The van der Waals surface area contributed by atoms with Gasteiger partial charge in [0, 0.05) is 17.4 Å². The highest BCUT2D eigenvalue weighted by molar-refractivity contribution is 7.99. The molecule has 0 spiro atoms. The molecule has 2 unspecified atom stereocenters. The molecule has 0 aromatic carbocycles. The number of rotatable bonds is 2. The summed E-state index contributed by atoms with van der Waals surface area (Å²) in [6.07, 6.45) is 6.27. The largest absolute Gasteiger partial charge is 0.385 e. The molecule has 0 radical (unpaired) electrons. The van der Waals surface area contributed by atoms with E-state index in [1.807, 2.05) is 11.8 Å². The molecule has 0 aliphatic heterocycles. The Morgan fingerprint density at radius 1 is 1.47 bits per heavy atom. The number of nitrogens with two attached hydrogens (primary N) is 1. The summed E-state index contributed by atoms with van der Waals surface area (Å²) in [4.78, 5) is 25.2. The van der Waals surface area contributed by atoms with Crippen LogP contribution in [0.15, 0.2) is 15.7 Å². The second-order valence-electron chi connectivity index (χ2n) is 4.41. The summed E-state index contributed by atoms with van der Waals surface area (Å²) in [6.45, 7) is 0. The summed E-state index contributed by atoms with van der Waals surface area (Å²) >= 11 is 1.83. The van der Waals surface area contributed by atoms with E-state index in [0.29, 0.717) is 5.25 Å². The number of nitrogens with one attached hydrogen (secondary N) is 1. The summed E-state index contributed by atoms with van der Waals surface area (Å²) in [7, 11) is 0. The maximum atomic E-state index is 11.8. The zero-order valence-electron chi connectivity index (χ0n) is 9.81. The van der Waals surface area contributed by atoms with Crippen molar-refractivity contribution in [3.05, 3.63) is 26.9 Å². The van der Waals surface area contributed by atoms with E-state index in [1.165, 1.54) is 17.1 Å². The number of aromatic amines is 1. The zero-order chi connectivity index (χ0) is 12.4. The average Bonchev–Trinajstić information content (AvgIpc) is 2.28. The molecule has 0 bridgehead atoms. The van der Waals surface area contributed by atoms with E-state index in [-0.39, 0.29) is 17.5 Å². The van der Waals surface area contributed by atoms with Gasteiger partial charge in [0.15, 0.2) is 0 Å². The highest BCUT2D eigenvalue weighted by atomic mass is 32.2. The third-order valence-corrected chi connectivity index (χ3v) is 4.40. The van der Waals surface area contributed by atoms with Gasteiger partial charge in [-0.3, -0.25) is 14.3 Å². The summed E-state index contributed by atoms with van der Waals surface area (Å²) < 4.78 is 1.53. The summed E-state index contributed by atoms with van der Waals surface area (Å²) in [5.74, 6) is 0.269. The van der Waals surface area contributed by atoms with Crippen molar-refractivity contribution in [3.63, 3.8) is 0 Å². The average molecular weight is 255 g/mol. The normalized spacial score (nSPS) is 24.8. The lowest BCUT2D eigenvalue weighted by molar-refractivity contribution is 0.353. The number of hydrogen-bond donors (Lipinski definition) is 2. The summed E-state index contributed by atoms with van der Waals surface area (Å²) in [6, 6.07) is 1.40. The molecule has 0 saturated heterocycles. The van der Waals surface area contributed by atoms with Gasteiger partial charge in [-0.25, -0.2) is 4.79 Å². The molecule has 3 N–H and O–H groups in total. The molecule has 6 heteroatoms. The van der Waals surface area contributed by atoms with Gasteiger partial charge in [-0.1, -0.05) is 6.42 Å². The Morgan fingerprint density at radius 2 is 2.24 bits per heavy atom. The van der Waals surface area contributed by atoms with E-state index in [1.54, 1.807) is 0 Å². The van der Waals surface area contributed by atoms with Crippen LogP contribution in [0.5, 0.6) is 0 Å². The fourth-order valence-electron chi connectivity index (χ4n) is 2.47. The van der Waals surface area contributed by atoms with Gasteiger partial charge in [0.25, 0.3) is 5.56 Å². The Labute approximate surface area is 103 Å². The molecule has 17 heavy (non-hydrogen) atoms. The van der Waals surface area contributed by atoms with Gasteiger partial charge in [-0.2, -0.15) is 11.8 Å². The van der Waals surface area contributed by atoms with Crippen molar-refractivity contribution in [2.24, 2.45) is 0 Å². The Balaban J connectivity index is 2.34. The number of anilines is 1. The van der Waals surface area contributed by atoms with Crippen molar-refractivity contribution in [2.45, 2.75) is 37.0 Å². The molecule has 1 aromatic heterocycles. The standard InChI is InChI=1S/C11H17N3O2S/c1-17-8-4-2-3-7(5-8)14-9(12)6-10(15)13-11(14)16/h6-8H,2-5,12H2,1H3,(H,13,15,16). The van der Waals surface area contributed by atoms with Crippen molar-refractivity contribution < 1.29 is 0 Å². The van der Waals surface area contributed by atoms with Gasteiger partial charge in [0.05, 0.1) is 0 Å². The minimum Gasteiger partial charge on any atom is -0.385 e. The third kappa shape index (κ3) is 2.57. The monoisotopic (exact) mass is 255 g/mol. The van der Waals surface area contributed by atoms with Gasteiger partial charge >= 0.3 is 5.69 Å². The Kier molecular flexibility index (Phi) is 3.61. The minimum absolute atomic E-state index is 0.116. The predicted octanol–water partition coefficient (Wildman–Crippen LogP) is 0.966. The molecule has 2 atom stereocenters. The minimum atomic E-state index is -0.430. The van der Waals surface area contributed by atoms with Crippen molar-refractivity contribution in [2.75, 3.05) is 12.0 Å². The van der Waals surface area contributed by atoms with Crippen LogP contribution in [0.1, 0.15) is 31.7 Å². The first-order valence-corrected chi connectivity index (χ1v) is 7.04. The van der Waals surface area contributed by atoms with Gasteiger partial charge in [0.1, 0.15) is 5.82 Å². The van der Waals surface area contributed by atoms with E-state index in [9.17, 15) is 9.59 Å². The van der Waals surface area contributed by atoms with E-state index in [4.69, 9.17) is 5.73 Å². The predicted molar refractivity (Wildman–Crippen MR) is 70.5 cm³/mol. The van der Waals surface area contributed by atoms with E-state index in [0.717, 1.165) is 19.3 Å². The molecule has 1 saturated carbocycles. The lowest BCUT2D eigenvalue weighted by Gasteiger charge is -2.29.